The lowest BCUT2D eigenvalue weighted by molar-refractivity contribution is 0.483. The molecule has 0 bridgehead atoms. The standard InChI is InChI=1S/C11H16ClNO5S2/c12-6-9-19(14,15)8-1-7-13-10-2-4-11(5-3-10)20(16,17)18/h2-5,13H,1,6-9H2,(H,16,17,18). The van der Waals surface area contributed by atoms with Gasteiger partial charge in [0.2, 0.25) is 0 Å². The van der Waals surface area contributed by atoms with Gasteiger partial charge in [-0.3, -0.25) is 4.55 Å². The average molecular weight is 342 g/mol. The third kappa shape index (κ3) is 6.08. The minimum atomic E-state index is -4.19. The fourth-order valence-electron chi connectivity index (χ4n) is 1.49. The summed E-state index contributed by atoms with van der Waals surface area (Å²) in [5.41, 5.74) is 0.646. The van der Waals surface area contributed by atoms with E-state index >= 15 is 0 Å². The molecule has 20 heavy (non-hydrogen) atoms. The Bertz CT molecular complexity index is 625. The lowest BCUT2D eigenvalue weighted by Crippen LogP contribution is -2.15. The maximum absolute atomic E-state index is 11.4. The second kappa shape index (κ2) is 7.26. The van der Waals surface area contributed by atoms with Crippen LogP contribution in [-0.2, 0) is 20.0 Å². The summed E-state index contributed by atoms with van der Waals surface area (Å²) in [7, 11) is -7.29. The Morgan fingerprint density at radius 3 is 2.15 bits per heavy atom. The van der Waals surface area contributed by atoms with Gasteiger partial charge in [0.25, 0.3) is 10.1 Å². The molecule has 0 spiro atoms. The summed E-state index contributed by atoms with van der Waals surface area (Å²) in [6.07, 6.45) is 0.430. The molecule has 114 valence electrons. The van der Waals surface area contributed by atoms with Crippen LogP contribution in [-0.4, -0.2) is 45.3 Å². The van der Waals surface area contributed by atoms with Crippen molar-refractivity contribution in [3.8, 4) is 0 Å². The second-order valence-electron chi connectivity index (χ2n) is 4.12. The van der Waals surface area contributed by atoms with Crippen LogP contribution in [0.15, 0.2) is 29.2 Å². The summed E-state index contributed by atoms with van der Waals surface area (Å²) >= 11 is 5.38. The number of hydrogen-bond acceptors (Lipinski definition) is 5. The summed E-state index contributed by atoms with van der Waals surface area (Å²) in [4.78, 5) is -0.187. The van der Waals surface area contributed by atoms with Crippen molar-refractivity contribution in [1.29, 1.82) is 0 Å². The highest BCUT2D eigenvalue weighted by molar-refractivity contribution is 7.91. The number of hydrogen-bond donors (Lipinski definition) is 2. The first-order chi connectivity index (χ1) is 9.24. The van der Waals surface area contributed by atoms with Gasteiger partial charge < -0.3 is 5.32 Å². The van der Waals surface area contributed by atoms with Crippen molar-refractivity contribution in [3.05, 3.63) is 24.3 Å². The fourth-order valence-corrected chi connectivity index (χ4v) is 3.70. The Kier molecular flexibility index (Phi) is 6.25. The molecule has 0 heterocycles. The van der Waals surface area contributed by atoms with E-state index in [2.05, 4.69) is 5.32 Å². The number of benzene rings is 1. The predicted octanol–water partition coefficient (Wildman–Crippen LogP) is 1.39. The first-order valence-electron chi connectivity index (χ1n) is 5.82. The smallest absolute Gasteiger partial charge is 0.294 e. The zero-order valence-electron chi connectivity index (χ0n) is 10.6. The fraction of sp³-hybridized carbons (Fsp3) is 0.455. The minimum Gasteiger partial charge on any atom is -0.385 e. The highest BCUT2D eigenvalue weighted by atomic mass is 35.5. The van der Waals surface area contributed by atoms with Gasteiger partial charge in [-0.15, -0.1) is 11.6 Å². The Morgan fingerprint density at radius 2 is 1.65 bits per heavy atom. The molecule has 2 N–H and O–H groups in total. The maximum atomic E-state index is 11.4. The summed E-state index contributed by atoms with van der Waals surface area (Å²) in [6, 6.07) is 5.52. The van der Waals surface area contributed by atoms with Gasteiger partial charge in [-0.05, 0) is 30.7 Å². The van der Waals surface area contributed by atoms with Crippen molar-refractivity contribution in [2.24, 2.45) is 0 Å². The highest BCUT2D eigenvalue weighted by Gasteiger charge is 2.10. The van der Waals surface area contributed by atoms with Crippen molar-refractivity contribution >= 4 is 37.2 Å². The summed E-state index contributed by atoms with van der Waals surface area (Å²) in [6.45, 7) is 0.437. The van der Waals surface area contributed by atoms with Crippen LogP contribution in [0.25, 0.3) is 0 Å². The molecule has 0 aliphatic carbocycles. The van der Waals surface area contributed by atoms with E-state index in [0.29, 0.717) is 18.7 Å². The van der Waals surface area contributed by atoms with Crippen LogP contribution in [0.3, 0.4) is 0 Å². The van der Waals surface area contributed by atoms with Crippen molar-refractivity contribution in [2.45, 2.75) is 11.3 Å². The molecule has 1 aromatic rings. The molecule has 0 aromatic heterocycles. The normalized spacial score (nSPS) is 12.3. The summed E-state index contributed by atoms with van der Waals surface area (Å²) < 4.78 is 53.3. The highest BCUT2D eigenvalue weighted by Crippen LogP contribution is 2.13. The van der Waals surface area contributed by atoms with Crippen LogP contribution in [0.5, 0.6) is 0 Å². The van der Waals surface area contributed by atoms with Gasteiger partial charge in [-0.25, -0.2) is 8.42 Å². The topological polar surface area (TPSA) is 101 Å². The zero-order valence-corrected chi connectivity index (χ0v) is 13.0. The summed E-state index contributed by atoms with van der Waals surface area (Å²) in [5, 5.41) is 2.96. The zero-order chi connectivity index (χ0) is 15.2. The van der Waals surface area contributed by atoms with Gasteiger partial charge in [0.15, 0.2) is 9.84 Å². The molecule has 0 amide bonds. The number of nitrogens with one attached hydrogen (secondary N) is 1. The molecule has 0 aliphatic heterocycles. The van der Waals surface area contributed by atoms with E-state index in [9.17, 15) is 16.8 Å². The second-order valence-corrected chi connectivity index (χ2v) is 8.22. The SMILES string of the molecule is O=S(=O)(CCCl)CCCNc1ccc(S(=O)(=O)O)cc1. The largest absolute Gasteiger partial charge is 0.385 e. The Balaban J connectivity index is 2.44. The first-order valence-corrected chi connectivity index (χ1v) is 9.62. The number of anilines is 1. The number of rotatable bonds is 8. The summed E-state index contributed by atoms with van der Waals surface area (Å²) in [5.74, 6) is 0.111. The van der Waals surface area contributed by atoms with E-state index < -0.39 is 20.0 Å². The molecule has 0 unspecified atom stereocenters. The Morgan fingerprint density at radius 1 is 1.05 bits per heavy atom. The molecule has 0 atom stereocenters. The van der Waals surface area contributed by atoms with E-state index in [-0.39, 0.29) is 22.3 Å². The predicted molar refractivity (Wildman–Crippen MR) is 78.7 cm³/mol. The molecule has 9 heteroatoms. The number of alkyl halides is 1. The van der Waals surface area contributed by atoms with Crippen molar-refractivity contribution in [3.63, 3.8) is 0 Å². The average Bonchev–Trinajstić information content (AvgIpc) is 2.34. The van der Waals surface area contributed by atoms with Crippen molar-refractivity contribution in [1.82, 2.24) is 0 Å². The quantitative estimate of drug-likeness (QED) is 0.421. The van der Waals surface area contributed by atoms with Crippen LogP contribution in [0.4, 0.5) is 5.69 Å². The van der Waals surface area contributed by atoms with Gasteiger partial charge >= 0.3 is 0 Å². The molecule has 0 saturated carbocycles. The lowest BCUT2D eigenvalue weighted by atomic mass is 10.3. The first kappa shape index (κ1) is 17.2. The molecular formula is C11H16ClNO5S2. The van der Waals surface area contributed by atoms with E-state index in [4.69, 9.17) is 16.2 Å². The molecule has 0 radical (unpaired) electrons. The molecule has 1 aromatic carbocycles. The van der Waals surface area contributed by atoms with Gasteiger partial charge in [-0.2, -0.15) is 8.42 Å². The van der Waals surface area contributed by atoms with Crippen LogP contribution >= 0.6 is 11.6 Å². The Labute approximate surface area is 123 Å². The van der Waals surface area contributed by atoms with Gasteiger partial charge in [0.1, 0.15) is 0 Å². The molecule has 0 saturated heterocycles. The van der Waals surface area contributed by atoms with Gasteiger partial charge in [0, 0.05) is 18.1 Å². The van der Waals surface area contributed by atoms with Crippen molar-refractivity contribution < 1.29 is 21.4 Å². The van der Waals surface area contributed by atoms with Crippen LogP contribution in [0, 0.1) is 0 Å². The van der Waals surface area contributed by atoms with E-state index in [0.717, 1.165) is 0 Å². The third-order valence-electron chi connectivity index (χ3n) is 2.50. The van der Waals surface area contributed by atoms with E-state index in [1.165, 1.54) is 24.3 Å². The van der Waals surface area contributed by atoms with Crippen molar-refractivity contribution in [2.75, 3.05) is 29.2 Å². The molecule has 1 rings (SSSR count). The Hall–Kier alpha value is -0.830. The lowest BCUT2D eigenvalue weighted by Gasteiger charge is -2.07. The molecule has 0 aliphatic rings. The number of halogens is 1. The van der Waals surface area contributed by atoms with Crippen LogP contribution in [0.1, 0.15) is 6.42 Å². The monoisotopic (exact) mass is 341 g/mol. The minimum absolute atomic E-state index is 0.0301. The third-order valence-corrected chi connectivity index (χ3v) is 5.52. The van der Waals surface area contributed by atoms with Gasteiger partial charge in [0.05, 0.1) is 16.4 Å². The maximum Gasteiger partial charge on any atom is 0.294 e. The molecular weight excluding hydrogens is 326 g/mol. The number of sulfone groups is 1. The van der Waals surface area contributed by atoms with E-state index in [1.54, 1.807) is 0 Å². The molecule has 6 nitrogen and oxygen atoms in total. The van der Waals surface area contributed by atoms with Gasteiger partial charge in [-0.1, -0.05) is 0 Å². The van der Waals surface area contributed by atoms with E-state index in [1.807, 2.05) is 0 Å². The molecule has 0 fully saturated rings. The van der Waals surface area contributed by atoms with Crippen LogP contribution < -0.4 is 5.32 Å². The van der Waals surface area contributed by atoms with Crippen LogP contribution in [0.2, 0.25) is 0 Å².